The predicted molar refractivity (Wildman–Crippen MR) is 140 cm³/mol. The zero-order chi connectivity index (χ0) is 25.7. The topological polar surface area (TPSA) is 100 Å². The summed E-state index contributed by atoms with van der Waals surface area (Å²) >= 11 is 3.35. The first-order chi connectivity index (χ1) is 17.4. The van der Waals surface area contributed by atoms with E-state index in [-0.39, 0.29) is 35.9 Å². The summed E-state index contributed by atoms with van der Waals surface area (Å²) in [4.78, 5) is 55.0. The van der Waals surface area contributed by atoms with Crippen molar-refractivity contribution in [3.05, 3.63) is 110 Å². The predicted octanol–water partition coefficient (Wildman–Crippen LogP) is 3.36. The number of benzene rings is 2. The molecule has 2 aromatic carbocycles. The molecular formula is C27H24BrN3O5. The van der Waals surface area contributed by atoms with Crippen LogP contribution in [0.25, 0.3) is 11.0 Å². The highest BCUT2D eigenvalue weighted by Gasteiger charge is 2.18. The molecule has 0 fully saturated rings. The third-order valence-corrected chi connectivity index (χ3v) is 6.40. The first-order valence-corrected chi connectivity index (χ1v) is 12.4. The molecule has 0 radical (unpaired) electrons. The molecule has 0 aliphatic heterocycles. The second kappa shape index (κ2) is 11.3. The van der Waals surface area contributed by atoms with E-state index in [9.17, 15) is 19.2 Å². The fraction of sp³-hybridized carbons (Fsp3) is 0.222. The number of Topliss-reactive ketones (excluding diaryl/α,β-unsaturated/α-hetero) is 1. The highest BCUT2D eigenvalue weighted by atomic mass is 79.9. The third-order valence-electron chi connectivity index (χ3n) is 5.70. The molecule has 184 valence electrons. The number of carbonyl (C=O) groups excluding carboxylic acids is 2. The standard InChI is InChI=1S/C27H24BrN3O5/c1-2-36-26(34)22(28)15-18-10-12-19(13-11-18)16-30-24-21(9-6-14-29-24)25(33)31(27(30)35)17-23(32)20-7-4-3-5-8-20/h3-14,22H,2,15-17H2,1H3. The first-order valence-electron chi connectivity index (χ1n) is 11.4. The molecule has 2 aromatic heterocycles. The number of halogens is 1. The molecule has 0 saturated carbocycles. The molecule has 0 amide bonds. The number of ketones is 1. The summed E-state index contributed by atoms with van der Waals surface area (Å²) in [6, 6.07) is 19.2. The minimum absolute atomic E-state index is 0.155. The maximum Gasteiger partial charge on any atom is 0.333 e. The van der Waals surface area contributed by atoms with Crippen LogP contribution in [-0.4, -0.2) is 37.3 Å². The number of aromatic nitrogens is 3. The van der Waals surface area contributed by atoms with Crippen molar-refractivity contribution < 1.29 is 14.3 Å². The van der Waals surface area contributed by atoms with E-state index in [0.29, 0.717) is 18.6 Å². The summed E-state index contributed by atoms with van der Waals surface area (Å²) in [6.45, 7) is 1.86. The number of ether oxygens (including phenoxy) is 1. The Bertz CT molecular complexity index is 1510. The van der Waals surface area contributed by atoms with E-state index in [1.807, 2.05) is 24.3 Å². The van der Waals surface area contributed by atoms with Crippen LogP contribution < -0.4 is 11.2 Å². The number of esters is 1. The van der Waals surface area contributed by atoms with E-state index in [0.717, 1.165) is 15.7 Å². The van der Waals surface area contributed by atoms with Gasteiger partial charge in [0, 0.05) is 11.8 Å². The fourth-order valence-electron chi connectivity index (χ4n) is 3.87. The van der Waals surface area contributed by atoms with Crippen molar-refractivity contribution in [2.24, 2.45) is 0 Å². The van der Waals surface area contributed by atoms with Gasteiger partial charge in [-0.25, -0.2) is 9.78 Å². The van der Waals surface area contributed by atoms with Crippen LogP contribution in [0.2, 0.25) is 0 Å². The van der Waals surface area contributed by atoms with Crippen molar-refractivity contribution in [1.82, 2.24) is 14.1 Å². The summed E-state index contributed by atoms with van der Waals surface area (Å²) in [5.74, 6) is -0.655. The van der Waals surface area contributed by atoms with Gasteiger partial charge in [0.2, 0.25) is 0 Å². The van der Waals surface area contributed by atoms with E-state index in [1.165, 1.54) is 10.8 Å². The van der Waals surface area contributed by atoms with Gasteiger partial charge in [-0.2, -0.15) is 0 Å². The molecule has 4 aromatic rings. The molecule has 1 atom stereocenters. The molecule has 8 nitrogen and oxygen atoms in total. The van der Waals surface area contributed by atoms with Crippen LogP contribution in [0, 0.1) is 0 Å². The highest BCUT2D eigenvalue weighted by molar-refractivity contribution is 9.10. The van der Waals surface area contributed by atoms with Gasteiger partial charge < -0.3 is 4.74 Å². The van der Waals surface area contributed by atoms with Crippen LogP contribution >= 0.6 is 15.9 Å². The summed E-state index contributed by atoms with van der Waals surface area (Å²) < 4.78 is 7.39. The first kappa shape index (κ1) is 25.2. The third kappa shape index (κ3) is 5.52. The van der Waals surface area contributed by atoms with Crippen LogP contribution in [0.15, 0.2) is 82.5 Å². The number of nitrogens with zero attached hydrogens (tertiary/aromatic N) is 3. The van der Waals surface area contributed by atoms with Crippen molar-refractivity contribution in [2.45, 2.75) is 31.3 Å². The lowest BCUT2D eigenvalue weighted by Crippen LogP contribution is -2.42. The Morgan fingerprint density at radius 1 is 0.944 bits per heavy atom. The second-order valence-corrected chi connectivity index (χ2v) is 9.27. The monoisotopic (exact) mass is 549 g/mol. The molecule has 0 bridgehead atoms. The molecule has 9 heteroatoms. The molecule has 1 unspecified atom stereocenters. The molecule has 0 saturated heterocycles. The van der Waals surface area contributed by atoms with Gasteiger partial charge in [-0.1, -0.05) is 70.5 Å². The number of carbonyl (C=O) groups is 2. The summed E-state index contributed by atoms with van der Waals surface area (Å²) in [5.41, 5.74) is 1.23. The van der Waals surface area contributed by atoms with Crippen LogP contribution in [0.5, 0.6) is 0 Å². The van der Waals surface area contributed by atoms with Gasteiger partial charge in [-0.15, -0.1) is 0 Å². The summed E-state index contributed by atoms with van der Waals surface area (Å²) in [7, 11) is 0. The Morgan fingerprint density at radius 2 is 1.64 bits per heavy atom. The Hall–Kier alpha value is -3.85. The number of hydrogen-bond acceptors (Lipinski definition) is 6. The lowest BCUT2D eigenvalue weighted by atomic mass is 10.1. The molecule has 0 N–H and O–H groups in total. The van der Waals surface area contributed by atoms with Crippen molar-refractivity contribution in [1.29, 1.82) is 0 Å². The molecule has 0 aliphatic rings. The number of fused-ring (bicyclic) bond motifs is 1. The minimum atomic E-state index is -0.609. The largest absolute Gasteiger partial charge is 0.465 e. The zero-order valence-corrected chi connectivity index (χ0v) is 21.2. The summed E-state index contributed by atoms with van der Waals surface area (Å²) in [5, 5.41) is 0.256. The van der Waals surface area contributed by atoms with E-state index >= 15 is 0 Å². The van der Waals surface area contributed by atoms with Gasteiger partial charge in [0.1, 0.15) is 10.5 Å². The molecule has 36 heavy (non-hydrogen) atoms. The van der Waals surface area contributed by atoms with Crippen molar-refractivity contribution in [2.75, 3.05) is 6.61 Å². The van der Waals surface area contributed by atoms with E-state index in [1.54, 1.807) is 49.4 Å². The number of pyridine rings is 1. The Morgan fingerprint density at radius 3 is 2.33 bits per heavy atom. The maximum atomic E-state index is 13.4. The Labute approximate surface area is 215 Å². The van der Waals surface area contributed by atoms with Crippen LogP contribution in [0.1, 0.15) is 28.4 Å². The molecule has 0 spiro atoms. The van der Waals surface area contributed by atoms with Crippen LogP contribution in [0.3, 0.4) is 0 Å². The Balaban J connectivity index is 1.65. The van der Waals surface area contributed by atoms with Gasteiger partial charge in [0.05, 0.1) is 25.1 Å². The molecule has 0 aliphatic carbocycles. The molecule has 2 heterocycles. The number of rotatable bonds is 9. The fourth-order valence-corrected chi connectivity index (χ4v) is 4.38. The van der Waals surface area contributed by atoms with Crippen molar-refractivity contribution in [3.8, 4) is 0 Å². The van der Waals surface area contributed by atoms with Gasteiger partial charge in [-0.3, -0.25) is 23.5 Å². The minimum Gasteiger partial charge on any atom is -0.465 e. The van der Waals surface area contributed by atoms with Crippen LogP contribution in [-0.2, 0) is 29.0 Å². The van der Waals surface area contributed by atoms with E-state index < -0.39 is 16.1 Å². The van der Waals surface area contributed by atoms with Gasteiger partial charge in [-0.05, 0) is 36.6 Å². The maximum absolute atomic E-state index is 13.4. The van der Waals surface area contributed by atoms with Gasteiger partial charge in [0.15, 0.2) is 5.78 Å². The van der Waals surface area contributed by atoms with Gasteiger partial charge in [0.25, 0.3) is 5.56 Å². The molecular weight excluding hydrogens is 526 g/mol. The zero-order valence-electron chi connectivity index (χ0n) is 19.6. The normalized spacial score (nSPS) is 11.8. The van der Waals surface area contributed by atoms with Crippen molar-refractivity contribution in [3.63, 3.8) is 0 Å². The average Bonchev–Trinajstić information content (AvgIpc) is 2.90. The number of hydrogen-bond donors (Lipinski definition) is 0. The Kier molecular flexibility index (Phi) is 7.90. The SMILES string of the molecule is CCOC(=O)C(Br)Cc1ccc(Cn2c(=O)n(CC(=O)c3ccccc3)c(=O)c3cccnc32)cc1. The highest BCUT2D eigenvalue weighted by Crippen LogP contribution is 2.14. The average molecular weight is 550 g/mol. The quantitative estimate of drug-likeness (QED) is 0.180. The molecule has 4 rings (SSSR count). The van der Waals surface area contributed by atoms with E-state index in [2.05, 4.69) is 20.9 Å². The second-order valence-electron chi connectivity index (χ2n) is 8.16. The van der Waals surface area contributed by atoms with Crippen molar-refractivity contribution >= 4 is 38.7 Å². The van der Waals surface area contributed by atoms with Crippen LogP contribution in [0.4, 0.5) is 0 Å². The lowest BCUT2D eigenvalue weighted by Gasteiger charge is -2.14. The summed E-state index contributed by atoms with van der Waals surface area (Å²) in [6.07, 6.45) is 1.97. The van der Waals surface area contributed by atoms with Gasteiger partial charge >= 0.3 is 11.7 Å². The lowest BCUT2D eigenvalue weighted by molar-refractivity contribution is -0.142. The number of alkyl halides is 1. The van der Waals surface area contributed by atoms with E-state index in [4.69, 9.17) is 4.74 Å². The smallest absolute Gasteiger partial charge is 0.333 e.